The molecule has 0 aromatic heterocycles. The largest absolute Gasteiger partial charge is 0.497 e. The van der Waals surface area contributed by atoms with E-state index in [-0.39, 0.29) is 0 Å². The predicted molar refractivity (Wildman–Crippen MR) is 77.4 cm³/mol. The van der Waals surface area contributed by atoms with Gasteiger partial charge in [-0.1, -0.05) is 18.2 Å². The van der Waals surface area contributed by atoms with E-state index in [2.05, 4.69) is 58.0 Å². The second kappa shape index (κ2) is 4.85. The summed E-state index contributed by atoms with van der Waals surface area (Å²) in [6.45, 7) is 8.64. The van der Waals surface area contributed by atoms with Gasteiger partial charge in [0.15, 0.2) is 0 Å². The van der Waals surface area contributed by atoms with Crippen molar-refractivity contribution in [1.29, 1.82) is 0 Å². The molecule has 0 aliphatic heterocycles. The van der Waals surface area contributed by atoms with Gasteiger partial charge in [-0.3, -0.25) is 0 Å². The van der Waals surface area contributed by atoms with Crippen LogP contribution in [0.5, 0.6) is 5.75 Å². The summed E-state index contributed by atoms with van der Waals surface area (Å²) in [5, 5.41) is 0. The minimum Gasteiger partial charge on any atom is -0.497 e. The lowest BCUT2D eigenvalue weighted by Gasteiger charge is -2.16. The molecule has 1 nitrogen and oxygen atoms in total. The normalized spacial score (nSPS) is 10.5. The van der Waals surface area contributed by atoms with Gasteiger partial charge in [0.05, 0.1) is 7.11 Å². The van der Waals surface area contributed by atoms with Crippen molar-refractivity contribution >= 4 is 0 Å². The van der Waals surface area contributed by atoms with Crippen molar-refractivity contribution in [3.63, 3.8) is 0 Å². The quantitative estimate of drug-likeness (QED) is 0.745. The Morgan fingerprint density at radius 2 is 1.17 bits per heavy atom. The van der Waals surface area contributed by atoms with Gasteiger partial charge in [-0.05, 0) is 73.2 Å². The maximum atomic E-state index is 5.33. The molecule has 0 saturated carbocycles. The van der Waals surface area contributed by atoms with Crippen molar-refractivity contribution in [3.8, 4) is 16.9 Å². The number of ether oxygens (including phenoxy) is 1. The molecule has 0 fully saturated rings. The van der Waals surface area contributed by atoms with E-state index < -0.39 is 0 Å². The molecule has 18 heavy (non-hydrogen) atoms. The highest BCUT2D eigenvalue weighted by atomic mass is 16.5. The number of rotatable bonds is 2. The van der Waals surface area contributed by atoms with Crippen LogP contribution in [-0.2, 0) is 0 Å². The molecule has 0 spiro atoms. The molecule has 0 atom stereocenters. The summed E-state index contributed by atoms with van der Waals surface area (Å²) in [5.74, 6) is 0.931. The first-order valence-electron chi connectivity index (χ1n) is 6.26. The number of aryl methyl sites for hydroxylation is 4. The molecule has 2 aromatic carbocycles. The smallest absolute Gasteiger partial charge is 0.119 e. The molecule has 0 aliphatic rings. The van der Waals surface area contributed by atoms with Crippen LogP contribution in [0, 0.1) is 27.7 Å². The lowest BCUT2D eigenvalue weighted by Crippen LogP contribution is -1.95. The number of methoxy groups -OCH3 is 1. The van der Waals surface area contributed by atoms with Crippen molar-refractivity contribution in [1.82, 2.24) is 0 Å². The summed E-state index contributed by atoms with van der Waals surface area (Å²) in [6.07, 6.45) is 0. The van der Waals surface area contributed by atoms with Crippen LogP contribution >= 0.6 is 0 Å². The van der Waals surface area contributed by atoms with Gasteiger partial charge < -0.3 is 4.74 Å². The highest BCUT2D eigenvalue weighted by Gasteiger charge is 2.12. The molecule has 0 saturated heterocycles. The lowest BCUT2D eigenvalue weighted by atomic mass is 9.89. The molecular formula is C17H20O. The highest BCUT2D eigenvalue weighted by Crippen LogP contribution is 2.34. The SMILES string of the molecule is COc1cc(C)c(-c2c(C)cccc2C)c(C)c1. The van der Waals surface area contributed by atoms with E-state index >= 15 is 0 Å². The van der Waals surface area contributed by atoms with Gasteiger partial charge in [-0.15, -0.1) is 0 Å². The Bertz CT molecular complexity index is 539. The van der Waals surface area contributed by atoms with Crippen LogP contribution in [-0.4, -0.2) is 7.11 Å². The Hall–Kier alpha value is -1.76. The van der Waals surface area contributed by atoms with Crippen molar-refractivity contribution in [2.24, 2.45) is 0 Å². The Labute approximate surface area is 109 Å². The number of benzene rings is 2. The summed E-state index contributed by atoms with van der Waals surface area (Å²) >= 11 is 0. The van der Waals surface area contributed by atoms with Gasteiger partial charge in [0, 0.05) is 0 Å². The Morgan fingerprint density at radius 1 is 0.722 bits per heavy atom. The maximum Gasteiger partial charge on any atom is 0.119 e. The van der Waals surface area contributed by atoms with E-state index in [1.165, 1.54) is 33.4 Å². The fraction of sp³-hybridized carbons (Fsp3) is 0.294. The predicted octanol–water partition coefficient (Wildman–Crippen LogP) is 4.60. The molecule has 0 radical (unpaired) electrons. The summed E-state index contributed by atoms with van der Waals surface area (Å²) in [7, 11) is 1.72. The van der Waals surface area contributed by atoms with Crippen LogP contribution in [0.1, 0.15) is 22.3 Å². The first-order valence-corrected chi connectivity index (χ1v) is 6.26. The standard InChI is InChI=1S/C17H20O/c1-11-7-6-8-12(2)16(11)17-13(3)9-15(18-5)10-14(17)4/h6-10H,1-5H3. The second-order valence-corrected chi connectivity index (χ2v) is 4.90. The molecular weight excluding hydrogens is 220 g/mol. The molecule has 94 valence electrons. The summed E-state index contributed by atoms with van der Waals surface area (Å²) in [6, 6.07) is 10.7. The van der Waals surface area contributed by atoms with Crippen molar-refractivity contribution in [2.45, 2.75) is 27.7 Å². The van der Waals surface area contributed by atoms with Crippen LogP contribution in [0.3, 0.4) is 0 Å². The molecule has 0 N–H and O–H groups in total. The molecule has 0 unspecified atom stereocenters. The highest BCUT2D eigenvalue weighted by molar-refractivity contribution is 5.77. The third-order valence-electron chi connectivity index (χ3n) is 3.47. The van der Waals surface area contributed by atoms with Gasteiger partial charge in [0.25, 0.3) is 0 Å². The second-order valence-electron chi connectivity index (χ2n) is 4.90. The van der Waals surface area contributed by atoms with Crippen LogP contribution in [0.2, 0.25) is 0 Å². The van der Waals surface area contributed by atoms with Crippen molar-refractivity contribution in [3.05, 3.63) is 52.6 Å². The van der Waals surface area contributed by atoms with Gasteiger partial charge >= 0.3 is 0 Å². The first kappa shape index (κ1) is 12.7. The van der Waals surface area contributed by atoms with Gasteiger partial charge in [0.2, 0.25) is 0 Å². The van der Waals surface area contributed by atoms with Crippen molar-refractivity contribution < 1.29 is 4.74 Å². The molecule has 0 amide bonds. The Morgan fingerprint density at radius 3 is 1.61 bits per heavy atom. The molecule has 0 bridgehead atoms. The average Bonchev–Trinajstić information content (AvgIpc) is 2.31. The zero-order chi connectivity index (χ0) is 13.3. The van der Waals surface area contributed by atoms with Gasteiger partial charge in [-0.25, -0.2) is 0 Å². The molecule has 1 heteroatoms. The minimum atomic E-state index is 0.931. The summed E-state index contributed by atoms with van der Waals surface area (Å²) < 4.78 is 5.33. The van der Waals surface area contributed by atoms with Gasteiger partial charge in [-0.2, -0.15) is 0 Å². The van der Waals surface area contributed by atoms with E-state index in [4.69, 9.17) is 4.74 Å². The third kappa shape index (κ3) is 2.13. The van der Waals surface area contributed by atoms with E-state index in [0.717, 1.165) is 5.75 Å². The minimum absolute atomic E-state index is 0.931. The van der Waals surface area contributed by atoms with E-state index in [1.807, 2.05) is 0 Å². The fourth-order valence-electron chi connectivity index (χ4n) is 2.64. The Kier molecular flexibility index (Phi) is 3.42. The van der Waals surface area contributed by atoms with Crippen LogP contribution in [0.15, 0.2) is 30.3 Å². The molecule has 2 rings (SSSR count). The van der Waals surface area contributed by atoms with Crippen LogP contribution in [0.4, 0.5) is 0 Å². The van der Waals surface area contributed by atoms with Crippen LogP contribution in [0.25, 0.3) is 11.1 Å². The monoisotopic (exact) mass is 240 g/mol. The number of hydrogen-bond donors (Lipinski definition) is 0. The Balaban J connectivity index is 2.72. The van der Waals surface area contributed by atoms with E-state index in [1.54, 1.807) is 7.11 Å². The third-order valence-corrected chi connectivity index (χ3v) is 3.47. The summed E-state index contributed by atoms with van der Waals surface area (Å²) in [5.41, 5.74) is 7.88. The summed E-state index contributed by atoms with van der Waals surface area (Å²) in [4.78, 5) is 0. The topological polar surface area (TPSA) is 9.23 Å². The maximum absolute atomic E-state index is 5.33. The molecule has 0 heterocycles. The first-order chi connectivity index (χ1) is 8.54. The number of hydrogen-bond acceptors (Lipinski definition) is 1. The van der Waals surface area contributed by atoms with Crippen LogP contribution < -0.4 is 4.74 Å². The lowest BCUT2D eigenvalue weighted by molar-refractivity contribution is 0.414. The molecule has 0 aliphatic carbocycles. The molecule has 2 aromatic rings. The van der Waals surface area contributed by atoms with Crippen molar-refractivity contribution in [2.75, 3.05) is 7.11 Å². The van der Waals surface area contributed by atoms with Gasteiger partial charge in [0.1, 0.15) is 5.75 Å². The fourth-order valence-corrected chi connectivity index (χ4v) is 2.64. The van der Waals surface area contributed by atoms with E-state index in [0.29, 0.717) is 0 Å². The van der Waals surface area contributed by atoms with E-state index in [9.17, 15) is 0 Å². The zero-order valence-electron chi connectivity index (χ0n) is 11.8. The average molecular weight is 240 g/mol. The zero-order valence-corrected chi connectivity index (χ0v) is 11.8.